The molecule has 0 spiro atoms. The number of carbonyl (C=O) groups is 1. The van der Waals surface area contributed by atoms with E-state index in [0.29, 0.717) is 6.54 Å². The van der Waals surface area contributed by atoms with E-state index in [1.54, 1.807) is 6.07 Å². The van der Waals surface area contributed by atoms with Gasteiger partial charge in [-0.3, -0.25) is 9.69 Å². The molecule has 2 rings (SSSR count). The number of nitrogens with zero attached hydrogens (tertiary/aromatic N) is 2. The van der Waals surface area contributed by atoms with Gasteiger partial charge in [0.05, 0.1) is 18.8 Å². The zero-order chi connectivity index (χ0) is 15.8. The minimum Gasteiger partial charge on any atom is -0.379 e. The van der Waals surface area contributed by atoms with Crippen LogP contribution >= 0.6 is 11.8 Å². The van der Waals surface area contributed by atoms with E-state index in [9.17, 15) is 13.6 Å². The number of amides is 1. The van der Waals surface area contributed by atoms with E-state index < -0.39 is 5.76 Å². The number of rotatable bonds is 7. The normalized spacial score (nSPS) is 16.0. The standard InChI is InChI=1S/C14H19F2N3O2S/c15-14(16)22-13-11(3-1-4-18-13)12(20)17-5-2-6-19-7-9-21-10-8-19/h1,3-4,14H,2,5-10H2,(H,17,20). The molecule has 0 aliphatic carbocycles. The molecule has 1 saturated heterocycles. The summed E-state index contributed by atoms with van der Waals surface area (Å²) < 4.78 is 30.2. The molecular formula is C14H19F2N3O2S. The van der Waals surface area contributed by atoms with E-state index in [2.05, 4.69) is 15.2 Å². The highest BCUT2D eigenvalue weighted by molar-refractivity contribution is 7.99. The van der Waals surface area contributed by atoms with Crippen molar-refractivity contribution in [2.24, 2.45) is 0 Å². The second-order valence-corrected chi connectivity index (χ2v) is 5.78. The second-order valence-electron chi connectivity index (χ2n) is 4.80. The number of morpholine rings is 1. The average Bonchev–Trinajstić information content (AvgIpc) is 2.52. The van der Waals surface area contributed by atoms with Crippen LogP contribution in [0.15, 0.2) is 23.4 Å². The number of nitrogens with one attached hydrogen (secondary N) is 1. The van der Waals surface area contributed by atoms with Crippen molar-refractivity contribution in [1.82, 2.24) is 15.2 Å². The van der Waals surface area contributed by atoms with Crippen LogP contribution < -0.4 is 5.32 Å². The van der Waals surface area contributed by atoms with Gasteiger partial charge in [-0.05, 0) is 36.9 Å². The number of halogens is 2. The van der Waals surface area contributed by atoms with Crippen LogP contribution in [0.5, 0.6) is 0 Å². The van der Waals surface area contributed by atoms with E-state index in [1.807, 2.05) is 0 Å². The molecule has 122 valence electrons. The quantitative estimate of drug-likeness (QED) is 0.610. The largest absolute Gasteiger partial charge is 0.379 e. The Morgan fingerprint density at radius 3 is 2.95 bits per heavy atom. The summed E-state index contributed by atoms with van der Waals surface area (Å²) in [6.45, 7) is 4.70. The van der Waals surface area contributed by atoms with Crippen molar-refractivity contribution in [3.63, 3.8) is 0 Å². The Hall–Kier alpha value is -1.25. The smallest absolute Gasteiger partial charge is 0.290 e. The summed E-state index contributed by atoms with van der Waals surface area (Å²) in [5, 5.41) is 2.82. The number of hydrogen-bond acceptors (Lipinski definition) is 5. The lowest BCUT2D eigenvalue weighted by atomic mass is 10.2. The van der Waals surface area contributed by atoms with Crippen LogP contribution in [-0.2, 0) is 4.74 Å². The molecule has 0 bridgehead atoms. The summed E-state index contributed by atoms with van der Waals surface area (Å²) in [6, 6.07) is 3.08. The maximum absolute atomic E-state index is 12.5. The maximum Gasteiger partial charge on any atom is 0.290 e. The second kappa shape index (κ2) is 9.02. The van der Waals surface area contributed by atoms with Gasteiger partial charge in [0.2, 0.25) is 0 Å². The molecule has 1 aromatic rings. The Morgan fingerprint density at radius 2 is 2.23 bits per heavy atom. The van der Waals surface area contributed by atoms with Crippen LogP contribution in [0.4, 0.5) is 8.78 Å². The first kappa shape index (κ1) is 17.1. The van der Waals surface area contributed by atoms with Gasteiger partial charge in [-0.25, -0.2) is 4.98 Å². The number of ether oxygens (including phenoxy) is 1. The summed E-state index contributed by atoms with van der Waals surface area (Å²) in [6.07, 6.45) is 2.21. The lowest BCUT2D eigenvalue weighted by Gasteiger charge is -2.26. The molecule has 0 unspecified atom stereocenters. The SMILES string of the molecule is O=C(NCCCN1CCOCC1)c1cccnc1SC(F)F. The van der Waals surface area contributed by atoms with E-state index >= 15 is 0 Å². The molecule has 1 amide bonds. The van der Waals surface area contributed by atoms with Crippen molar-refractivity contribution in [3.05, 3.63) is 23.9 Å². The first-order valence-electron chi connectivity index (χ1n) is 7.15. The van der Waals surface area contributed by atoms with E-state index in [0.717, 1.165) is 39.3 Å². The Labute approximate surface area is 132 Å². The third-order valence-electron chi connectivity index (χ3n) is 3.26. The van der Waals surface area contributed by atoms with Crippen LogP contribution in [0, 0.1) is 0 Å². The van der Waals surface area contributed by atoms with Crippen LogP contribution in [0.2, 0.25) is 0 Å². The molecule has 1 aliphatic heterocycles. The Bertz CT molecular complexity index is 485. The van der Waals surface area contributed by atoms with Gasteiger partial charge in [-0.1, -0.05) is 0 Å². The molecule has 0 radical (unpaired) electrons. The molecule has 22 heavy (non-hydrogen) atoms. The van der Waals surface area contributed by atoms with Gasteiger partial charge in [-0.2, -0.15) is 8.78 Å². The molecule has 2 heterocycles. The van der Waals surface area contributed by atoms with Gasteiger partial charge in [0.1, 0.15) is 5.03 Å². The zero-order valence-electron chi connectivity index (χ0n) is 12.1. The van der Waals surface area contributed by atoms with Crippen LogP contribution in [0.1, 0.15) is 16.8 Å². The minimum absolute atomic E-state index is 0.0585. The van der Waals surface area contributed by atoms with Gasteiger partial charge < -0.3 is 10.1 Å². The number of pyridine rings is 1. The topological polar surface area (TPSA) is 54.5 Å². The highest BCUT2D eigenvalue weighted by Gasteiger charge is 2.16. The van der Waals surface area contributed by atoms with Crippen LogP contribution in [-0.4, -0.2) is 60.9 Å². The third-order valence-corrected chi connectivity index (χ3v) is 3.98. The highest BCUT2D eigenvalue weighted by Crippen LogP contribution is 2.26. The van der Waals surface area contributed by atoms with E-state index in [-0.39, 0.29) is 28.3 Å². The van der Waals surface area contributed by atoms with Crippen LogP contribution in [0.3, 0.4) is 0 Å². The Kier molecular flexibility index (Phi) is 7.01. The van der Waals surface area contributed by atoms with Gasteiger partial charge in [-0.15, -0.1) is 0 Å². The molecule has 1 aromatic heterocycles. The molecule has 0 atom stereocenters. The molecule has 1 N–H and O–H groups in total. The third kappa shape index (κ3) is 5.51. The molecule has 1 aliphatic rings. The van der Waals surface area contributed by atoms with E-state index in [4.69, 9.17) is 4.74 Å². The first-order chi connectivity index (χ1) is 10.7. The predicted octanol–water partition coefficient (Wildman–Crippen LogP) is 1.85. The minimum atomic E-state index is -2.59. The summed E-state index contributed by atoms with van der Waals surface area (Å²) in [5.74, 6) is -2.96. The first-order valence-corrected chi connectivity index (χ1v) is 8.03. The molecule has 5 nitrogen and oxygen atoms in total. The number of aromatic nitrogens is 1. The van der Waals surface area contributed by atoms with Gasteiger partial charge in [0.25, 0.3) is 11.7 Å². The highest BCUT2D eigenvalue weighted by atomic mass is 32.2. The number of alkyl halides is 2. The van der Waals surface area contributed by atoms with Crippen molar-refractivity contribution in [1.29, 1.82) is 0 Å². The molecule has 0 saturated carbocycles. The van der Waals surface area contributed by atoms with Crippen molar-refractivity contribution >= 4 is 17.7 Å². The summed E-state index contributed by atoms with van der Waals surface area (Å²) in [4.78, 5) is 18.2. The average molecular weight is 331 g/mol. The summed E-state index contributed by atoms with van der Waals surface area (Å²) >= 11 is 0.288. The lowest BCUT2D eigenvalue weighted by Crippen LogP contribution is -2.38. The lowest BCUT2D eigenvalue weighted by molar-refractivity contribution is 0.0374. The maximum atomic E-state index is 12.5. The van der Waals surface area contributed by atoms with E-state index in [1.165, 1.54) is 12.3 Å². The van der Waals surface area contributed by atoms with Crippen molar-refractivity contribution in [2.45, 2.75) is 17.2 Å². The Morgan fingerprint density at radius 1 is 1.45 bits per heavy atom. The monoisotopic (exact) mass is 331 g/mol. The molecule has 0 aromatic carbocycles. The molecule has 8 heteroatoms. The fourth-order valence-corrected chi connectivity index (χ4v) is 2.74. The van der Waals surface area contributed by atoms with Gasteiger partial charge >= 0.3 is 0 Å². The van der Waals surface area contributed by atoms with Crippen molar-refractivity contribution in [3.8, 4) is 0 Å². The predicted molar refractivity (Wildman–Crippen MR) is 80.3 cm³/mol. The zero-order valence-corrected chi connectivity index (χ0v) is 13.0. The molecular weight excluding hydrogens is 312 g/mol. The molecule has 1 fully saturated rings. The Balaban J connectivity index is 1.77. The van der Waals surface area contributed by atoms with Gasteiger partial charge in [0, 0.05) is 25.8 Å². The number of carbonyl (C=O) groups excluding carboxylic acids is 1. The summed E-state index contributed by atoms with van der Waals surface area (Å²) in [7, 11) is 0. The van der Waals surface area contributed by atoms with Crippen molar-refractivity contribution < 1.29 is 18.3 Å². The number of hydrogen-bond donors (Lipinski definition) is 1. The number of thioether (sulfide) groups is 1. The summed E-state index contributed by atoms with van der Waals surface area (Å²) in [5.41, 5.74) is 0.194. The fraction of sp³-hybridized carbons (Fsp3) is 0.571. The van der Waals surface area contributed by atoms with Gasteiger partial charge in [0.15, 0.2) is 0 Å². The van der Waals surface area contributed by atoms with Crippen LogP contribution in [0.25, 0.3) is 0 Å². The van der Waals surface area contributed by atoms with Crippen molar-refractivity contribution in [2.75, 3.05) is 39.4 Å². The fourth-order valence-electron chi connectivity index (χ4n) is 2.17.